The van der Waals surface area contributed by atoms with Crippen LogP contribution in [0.3, 0.4) is 0 Å². The van der Waals surface area contributed by atoms with Gasteiger partial charge < -0.3 is 10.5 Å². The topological polar surface area (TPSA) is 38.5 Å². The molecule has 0 spiro atoms. The molecule has 21 heavy (non-hydrogen) atoms. The van der Waals surface area contributed by atoms with E-state index in [-0.39, 0.29) is 5.54 Å². The van der Waals surface area contributed by atoms with Crippen molar-refractivity contribution in [1.29, 1.82) is 0 Å². The largest absolute Gasteiger partial charge is 0.497 e. The Bertz CT molecular complexity index is 498. The van der Waals surface area contributed by atoms with Crippen molar-refractivity contribution < 1.29 is 4.74 Å². The molecule has 0 bridgehead atoms. The van der Waals surface area contributed by atoms with E-state index in [1.165, 1.54) is 49.7 Å². The second-order valence-electron chi connectivity index (χ2n) is 6.54. The highest BCUT2D eigenvalue weighted by Gasteiger charge is 2.46. The third kappa shape index (κ3) is 2.58. The summed E-state index contributed by atoms with van der Waals surface area (Å²) >= 11 is 0. The van der Waals surface area contributed by atoms with E-state index in [4.69, 9.17) is 10.5 Å². The molecule has 1 saturated carbocycles. The van der Waals surface area contributed by atoms with Crippen molar-refractivity contribution in [2.75, 3.05) is 20.2 Å². The van der Waals surface area contributed by atoms with E-state index in [9.17, 15) is 0 Å². The van der Waals surface area contributed by atoms with Gasteiger partial charge in [0.25, 0.3) is 0 Å². The molecule has 3 rings (SSSR count). The maximum absolute atomic E-state index is 6.36. The number of benzene rings is 1. The smallest absolute Gasteiger partial charge is 0.119 e. The van der Waals surface area contributed by atoms with Crippen LogP contribution in [0.4, 0.5) is 0 Å². The van der Waals surface area contributed by atoms with E-state index in [2.05, 4.69) is 30.0 Å². The number of nitrogens with two attached hydrogens (primary N) is 1. The van der Waals surface area contributed by atoms with Gasteiger partial charge in [-0.3, -0.25) is 4.90 Å². The van der Waals surface area contributed by atoms with Crippen molar-refractivity contribution in [2.24, 2.45) is 5.73 Å². The molecule has 0 aromatic heterocycles. The molecule has 1 aromatic carbocycles. The molecule has 116 valence electrons. The minimum Gasteiger partial charge on any atom is -0.497 e. The van der Waals surface area contributed by atoms with Crippen LogP contribution in [0.1, 0.15) is 50.2 Å². The van der Waals surface area contributed by atoms with Crippen molar-refractivity contribution >= 4 is 0 Å². The van der Waals surface area contributed by atoms with Gasteiger partial charge in [0.2, 0.25) is 0 Å². The maximum Gasteiger partial charge on any atom is 0.119 e. The highest BCUT2D eigenvalue weighted by molar-refractivity contribution is 5.43. The zero-order chi connectivity index (χ0) is 14.9. The molecular weight excluding hydrogens is 260 g/mol. The van der Waals surface area contributed by atoms with E-state index in [1.54, 1.807) is 7.11 Å². The summed E-state index contributed by atoms with van der Waals surface area (Å²) in [6.07, 6.45) is 7.45. The lowest BCUT2D eigenvalue weighted by atomic mass is 9.75. The Hall–Kier alpha value is -1.06. The maximum atomic E-state index is 6.36. The van der Waals surface area contributed by atoms with Gasteiger partial charge in [-0.1, -0.05) is 13.0 Å². The zero-order valence-electron chi connectivity index (χ0n) is 13.4. The predicted octanol–water partition coefficient (Wildman–Crippen LogP) is 3.06. The fourth-order valence-corrected chi connectivity index (χ4v) is 4.04. The quantitative estimate of drug-likeness (QED) is 0.874. The average molecular weight is 288 g/mol. The molecule has 1 atom stereocenters. The Morgan fingerprint density at radius 1 is 1.38 bits per heavy atom. The van der Waals surface area contributed by atoms with Crippen LogP contribution in [0, 0.1) is 0 Å². The van der Waals surface area contributed by atoms with Crippen molar-refractivity contribution in [3.63, 3.8) is 0 Å². The summed E-state index contributed by atoms with van der Waals surface area (Å²) in [7, 11) is 1.75. The van der Waals surface area contributed by atoms with Crippen LogP contribution >= 0.6 is 0 Å². The Balaban J connectivity index is 2.06. The number of nitrogens with zero attached hydrogens (tertiary/aromatic N) is 1. The first-order valence-corrected chi connectivity index (χ1v) is 8.39. The standard InChI is InChI=1S/C18H28N2O/c1-3-11-20(15-7-8-15)18(13-19)10-4-5-14-6-9-16(21-2)12-17(14)18/h6,9,12,15H,3-5,7-8,10-11,13,19H2,1-2H3. The number of hydrogen-bond acceptors (Lipinski definition) is 3. The van der Waals surface area contributed by atoms with Gasteiger partial charge in [0.05, 0.1) is 12.6 Å². The summed E-state index contributed by atoms with van der Waals surface area (Å²) in [5.41, 5.74) is 9.28. The molecule has 0 amide bonds. The first-order chi connectivity index (χ1) is 10.2. The van der Waals surface area contributed by atoms with Gasteiger partial charge >= 0.3 is 0 Å². The summed E-state index contributed by atoms with van der Waals surface area (Å²) in [6.45, 7) is 4.14. The van der Waals surface area contributed by atoms with E-state index in [0.29, 0.717) is 6.54 Å². The normalized spacial score (nSPS) is 25.0. The lowest BCUT2D eigenvalue weighted by Gasteiger charge is -2.47. The van der Waals surface area contributed by atoms with Crippen LogP contribution in [-0.4, -0.2) is 31.1 Å². The van der Waals surface area contributed by atoms with Crippen molar-refractivity contribution in [1.82, 2.24) is 4.90 Å². The molecule has 0 heterocycles. The summed E-state index contributed by atoms with van der Waals surface area (Å²) in [6, 6.07) is 7.32. The molecule has 1 aromatic rings. The lowest BCUT2D eigenvalue weighted by Crippen LogP contribution is -2.54. The van der Waals surface area contributed by atoms with E-state index < -0.39 is 0 Å². The number of ether oxygens (including phenoxy) is 1. The fraction of sp³-hybridized carbons (Fsp3) is 0.667. The molecule has 2 N–H and O–H groups in total. The monoisotopic (exact) mass is 288 g/mol. The van der Waals surface area contributed by atoms with Crippen LogP contribution in [0.25, 0.3) is 0 Å². The Labute approximate surface area is 128 Å². The summed E-state index contributed by atoms with van der Waals surface area (Å²) in [5.74, 6) is 0.959. The van der Waals surface area contributed by atoms with Crippen molar-refractivity contribution in [3.05, 3.63) is 29.3 Å². The third-order valence-electron chi connectivity index (χ3n) is 5.19. The van der Waals surface area contributed by atoms with Crippen LogP contribution in [0.15, 0.2) is 18.2 Å². The molecule has 1 unspecified atom stereocenters. The lowest BCUT2D eigenvalue weighted by molar-refractivity contribution is 0.0648. The van der Waals surface area contributed by atoms with Gasteiger partial charge in [0, 0.05) is 12.6 Å². The van der Waals surface area contributed by atoms with Gasteiger partial charge in [-0.05, 0) is 68.3 Å². The van der Waals surface area contributed by atoms with Crippen LogP contribution in [0.5, 0.6) is 5.75 Å². The van der Waals surface area contributed by atoms with E-state index >= 15 is 0 Å². The minimum absolute atomic E-state index is 0.0271. The third-order valence-corrected chi connectivity index (χ3v) is 5.19. The highest BCUT2D eigenvalue weighted by Crippen LogP contribution is 2.45. The first kappa shape index (κ1) is 14.9. The number of fused-ring (bicyclic) bond motifs is 1. The predicted molar refractivity (Wildman–Crippen MR) is 86.7 cm³/mol. The van der Waals surface area contributed by atoms with Gasteiger partial charge in [-0.15, -0.1) is 0 Å². The summed E-state index contributed by atoms with van der Waals surface area (Å²) in [5, 5.41) is 0. The van der Waals surface area contributed by atoms with Gasteiger partial charge in [-0.25, -0.2) is 0 Å². The second kappa shape index (κ2) is 5.98. The SMILES string of the molecule is CCCN(C1CC1)C1(CN)CCCc2ccc(OC)cc21. The molecular formula is C18H28N2O. The van der Waals surface area contributed by atoms with Crippen molar-refractivity contribution in [2.45, 2.75) is 57.0 Å². The van der Waals surface area contributed by atoms with Crippen molar-refractivity contribution in [3.8, 4) is 5.75 Å². The zero-order valence-corrected chi connectivity index (χ0v) is 13.4. The molecule has 3 heteroatoms. The molecule has 1 fully saturated rings. The number of rotatable bonds is 6. The molecule has 2 aliphatic rings. The Kier molecular flexibility index (Phi) is 4.23. The second-order valence-corrected chi connectivity index (χ2v) is 6.54. The molecule has 2 aliphatic carbocycles. The number of aryl methyl sites for hydroxylation is 1. The van der Waals surface area contributed by atoms with E-state index in [1.807, 2.05) is 0 Å². The molecule has 0 aliphatic heterocycles. The minimum atomic E-state index is 0.0271. The first-order valence-electron chi connectivity index (χ1n) is 8.39. The number of methoxy groups -OCH3 is 1. The molecule has 0 radical (unpaired) electrons. The van der Waals surface area contributed by atoms with Crippen LogP contribution < -0.4 is 10.5 Å². The van der Waals surface area contributed by atoms with Gasteiger partial charge in [0.1, 0.15) is 5.75 Å². The summed E-state index contributed by atoms with van der Waals surface area (Å²) in [4.78, 5) is 2.71. The average Bonchev–Trinajstić information content (AvgIpc) is 3.36. The van der Waals surface area contributed by atoms with Gasteiger partial charge in [-0.2, -0.15) is 0 Å². The number of hydrogen-bond donors (Lipinski definition) is 1. The molecule has 0 saturated heterocycles. The Morgan fingerprint density at radius 3 is 2.81 bits per heavy atom. The molecule has 3 nitrogen and oxygen atoms in total. The fourth-order valence-electron chi connectivity index (χ4n) is 4.04. The van der Waals surface area contributed by atoms with Crippen LogP contribution in [0.2, 0.25) is 0 Å². The Morgan fingerprint density at radius 2 is 2.19 bits per heavy atom. The highest BCUT2D eigenvalue weighted by atomic mass is 16.5. The van der Waals surface area contributed by atoms with E-state index in [0.717, 1.165) is 18.3 Å². The van der Waals surface area contributed by atoms with Gasteiger partial charge in [0.15, 0.2) is 0 Å². The van der Waals surface area contributed by atoms with Crippen LogP contribution in [-0.2, 0) is 12.0 Å². The summed E-state index contributed by atoms with van der Waals surface area (Å²) < 4.78 is 5.47.